The van der Waals surface area contributed by atoms with E-state index < -0.39 is 0 Å². The van der Waals surface area contributed by atoms with E-state index in [1.165, 1.54) is 0 Å². The Bertz CT molecular complexity index is 1410. The Kier molecular flexibility index (Phi) is 10.1. The Morgan fingerprint density at radius 1 is 0.930 bits per heavy atom. The maximum atomic E-state index is 13.4. The second kappa shape index (κ2) is 14.6. The van der Waals surface area contributed by atoms with Crippen LogP contribution in [0.25, 0.3) is 0 Å². The summed E-state index contributed by atoms with van der Waals surface area (Å²) in [6, 6.07) is 20.1. The number of nitrogens with two attached hydrogens (primary N) is 1. The molecular weight excluding hydrogens is 546 g/mol. The number of nitrogens with one attached hydrogen (secondary N) is 3. The van der Waals surface area contributed by atoms with Gasteiger partial charge in [-0.05, 0) is 92.4 Å². The molecule has 1 saturated carbocycles. The molecule has 1 aliphatic carbocycles. The van der Waals surface area contributed by atoms with E-state index in [2.05, 4.69) is 16.1 Å². The first kappa shape index (κ1) is 29.9. The van der Waals surface area contributed by atoms with E-state index in [1.54, 1.807) is 42.5 Å². The van der Waals surface area contributed by atoms with Crippen LogP contribution in [-0.2, 0) is 11.3 Å². The number of fused-ring (bicyclic) bond motifs is 1. The molecule has 3 amide bonds. The van der Waals surface area contributed by atoms with Crippen molar-refractivity contribution in [2.24, 2.45) is 5.73 Å². The quantitative estimate of drug-likeness (QED) is 0.148. The van der Waals surface area contributed by atoms with E-state index in [1.807, 2.05) is 29.2 Å². The summed E-state index contributed by atoms with van der Waals surface area (Å²) in [5.41, 5.74) is 11.9. The van der Waals surface area contributed by atoms with Crippen LogP contribution in [0, 0.1) is 0 Å². The van der Waals surface area contributed by atoms with Crippen LogP contribution < -0.4 is 31.4 Å². The predicted molar refractivity (Wildman–Crippen MR) is 165 cm³/mol. The van der Waals surface area contributed by atoms with E-state index in [-0.39, 0.29) is 30.4 Å². The van der Waals surface area contributed by atoms with Crippen LogP contribution in [-0.4, -0.2) is 48.4 Å². The predicted octanol–water partition coefficient (Wildman–Crippen LogP) is 4.87. The lowest BCUT2D eigenvalue weighted by Gasteiger charge is -2.24. The minimum atomic E-state index is -0.205. The van der Waals surface area contributed by atoms with Crippen molar-refractivity contribution < 1.29 is 24.0 Å². The molecule has 0 radical (unpaired) electrons. The fourth-order valence-corrected chi connectivity index (χ4v) is 4.90. The molecule has 0 bridgehead atoms. The minimum Gasteiger partial charge on any atom is -0.482 e. The van der Waals surface area contributed by atoms with Crippen molar-refractivity contribution in [3.63, 3.8) is 0 Å². The molecule has 3 aromatic rings. The molecule has 0 aromatic heterocycles. The number of anilines is 2. The summed E-state index contributed by atoms with van der Waals surface area (Å²) in [5, 5.41) is 5.72. The van der Waals surface area contributed by atoms with Crippen molar-refractivity contribution in [1.29, 1.82) is 0 Å². The molecular formula is C33H39N5O5. The number of rotatable bonds is 15. The van der Waals surface area contributed by atoms with Crippen molar-refractivity contribution in [2.45, 2.75) is 57.5 Å². The third kappa shape index (κ3) is 8.48. The molecule has 0 spiro atoms. The Morgan fingerprint density at radius 2 is 1.65 bits per heavy atom. The van der Waals surface area contributed by atoms with E-state index >= 15 is 0 Å². The first-order valence-corrected chi connectivity index (χ1v) is 15.0. The van der Waals surface area contributed by atoms with Crippen molar-refractivity contribution in [2.75, 3.05) is 30.5 Å². The third-order valence-electron chi connectivity index (χ3n) is 7.49. The zero-order valence-corrected chi connectivity index (χ0v) is 24.3. The number of carbonyl (C=O) groups is 3. The van der Waals surface area contributed by atoms with Crippen LogP contribution in [0.5, 0.6) is 11.5 Å². The number of ether oxygens (including phenoxy) is 1. The smallest absolute Gasteiger partial charge is 0.262 e. The second-order valence-corrected chi connectivity index (χ2v) is 10.9. The maximum Gasteiger partial charge on any atom is 0.262 e. The highest BCUT2D eigenvalue weighted by Gasteiger charge is 2.33. The van der Waals surface area contributed by atoms with Crippen molar-refractivity contribution in [1.82, 2.24) is 10.2 Å². The summed E-state index contributed by atoms with van der Waals surface area (Å²) in [7, 11) is 0. The fourth-order valence-electron chi connectivity index (χ4n) is 4.90. The van der Waals surface area contributed by atoms with E-state index in [0.717, 1.165) is 62.7 Å². The van der Waals surface area contributed by atoms with Crippen molar-refractivity contribution in [3.05, 3.63) is 83.4 Å². The van der Waals surface area contributed by atoms with Crippen LogP contribution in [0.1, 0.15) is 71.2 Å². The van der Waals surface area contributed by atoms with Gasteiger partial charge in [-0.3, -0.25) is 14.4 Å². The number of hydrogen-bond donors (Lipinski definition) is 4. The summed E-state index contributed by atoms with van der Waals surface area (Å²) in [6.07, 6.45) is 7.34. The molecule has 5 N–H and O–H groups in total. The van der Waals surface area contributed by atoms with Gasteiger partial charge in [-0.25, -0.2) is 5.48 Å². The maximum absolute atomic E-state index is 13.4. The zero-order chi connectivity index (χ0) is 30.0. The van der Waals surface area contributed by atoms with Crippen LogP contribution in [0.4, 0.5) is 11.4 Å². The SMILES string of the molecule is NCCCCCCCNC(=O)c1ccc(ONc2ccc(CN(C(=O)c3ccc4c(c3)OCC(=O)N4)C3CC3)cc2)cc1. The lowest BCUT2D eigenvalue weighted by atomic mass is 10.1. The van der Waals surface area contributed by atoms with Gasteiger partial charge >= 0.3 is 0 Å². The Morgan fingerprint density at radius 3 is 2.40 bits per heavy atom. The van der Waals surface area contributed by atoms with Crippen molar-refractivity contribution >= 4 is 29.1 Å². The Hall–Kier alpha value is -4.57. The van der Waals surface area contributed by atoms with Crippen LogP contribution in [0.3, 0.4) is 0 Å². The number of nitrogens with zero attached hydrogens (tertiary/aromatic N) is 1. The largest absolute Gasteiger partial charge is 0.482 e. The first-order valence-electron chi connectivity index (χ1n) is 15.0. The molecule has 0 saturated heterocycles. The van der Waals surface area contributed by atoms with Gasteiger partial charge in [-0.2, -0.15) is 0 Å². The van der Waals surface area contributed by atoms with Gasteiger partial charge in [0, 0.05) is 30.3 Å². The standard InChI is InChI=1S/C33H39N5O5/c34-18-4-2-1-3-5-19-35-32(40)24-8-15-28(16-9-24)43-37-26-11-6-23(7-12-26)21-38(27-13-14-27)33(41)25-10-17-29-30(20-25)42-22-31(39)36-29/h6-12,15-17,20,27,37H,1-5,13-14,18-19,21-22,34H2,(H,35,40)(H,36,39). The van der Waals surface area contributed by atoms with Gasteiger partial charge in [0.05, 0.1) is 11.4 Å². The Balaban J connectivity index is 1.09. The molecule has 226 valence electrons. The number of hydrogen-bond acceptors (Lipinski definition) is 7. The van der Waals surface area contributed by atoms with Gasteiger partial charge in [-0.1, -0.05) is 31.4 Å². The van der Waals surface area contributed by atoms with E-state index in [9.17, 15) is 14.4 Å². The number of amides is 3. The van der Waals surface area contributed by atoms with Crippen LogP contribution in [0.15, 0.2) is 66.7 Å². The highest BCUT2D eigenvalue weighted by Crippen LogP contribution is 2.33. The fraction of sp³-hybridized carbons (Fsp3) is 0.364. The lowest BCUT2D eigenvalue weighted by molar-refractivity contribution is -0.118. The molecule has 43 heavy (non-hydrogen) atoms. The molecule has 0 atom stereocenters. The number of unbranched alkanes of at least 4 members (excludes halogenated alkanes) is 4. The van der Waals surface area contributed by atoms with Crippen LogP contribution >= 0.6 is 0 Å². The summed E-state index contributed by atoms with van der Waals surface area (Å²) < 4.78 is 5.49. The molecule has 0 unspecified atom stereocenters. The molecule has 1 fully saturated rings. The van der Waals surface area contributed by atoms with Gasteiger partial charge in [0.25, 0.3) is 17.7 Å². The molecule has 1 heterocycles. The summed E-state index contributed by atoms with van der Waals surface area (Å²) >= 11 is 0. The average Bonchev–Trinajstić information content (AvgIpc) is 3.88. The second-order valence-electron chi connectivity index (χ2n) is 10.9. The summed E-state index contributed by atoms with van der Waals surface area (Å²) in [5.74, 6) is 0.730. The van der Waals surface area contributed by atoms with E-state index in [4.69, 9.17) is 15.3 Å². The highest BCUT2D eigenvalue weighted by atomic mass is 16.6. The van der Waals surface area contributed by atoms with Gasteiger partial charge in [0.1, 0.15) is 5.75 Å². The molecule has 5 rings (SSSR count). The van der Waals surface area contributed by atoms with E-state index in [0.29, 0.717) is 41.4 Å². The summed E-state index contributed by atoms with van der Waals surface area (Å²) in [4.78, 5) is 44.9. The molecule has 10 nitrogen and oxygen atoms in total. The zero-order valence-electron chi connectivity index (χ0n) is 24.3. The molecule has 10 heteroatoms. The normalized spacial score (nSPS) is 13.7. The summed E-state index contributed by atoms with van der Waals surface area (Å²) in [6.45, 7) is 1.82. The molecule has 2 aliphatic rings. The third-order valence-corrected chi connectivity index (χ3v) is 7.49. The van der Waals surface area contributed by atoms with Gasteiger partial charge in [-0.15, -0.1) is 0 Å². The number of carbonyl (C=O) groups excluding carboxylic acids is 3. The van der Waals surface area contributed by atoms with Crippen LogP contribution in [0.2, 0.25) is 0 Å². The lowest BCUT2D eigenvalue weighted by Crippen LogP contribution is -2.33. The monoisotopic (exact) mass is 585 g/mol. The van der Waals surface area contributed by atoms with Gasteiger partial charge in [0.2, 0.25) is 0 Å². The molecule has 1 aliphatic heterocycles. The van der Waals surface area contributed by atoms with Gasteiger partial charge in [0.15, 0.2) is 12.4 Å². The molecule has 3 aromatic carbocycles. The van der Waals surface area contributed by atoms with Gasteiger partial charge < -0.3 is 30.8 Å². The topological polar surface area (TPSA) is 135 Å². The van der Waals surface area contributed by atoms with Crippen molar-refractivity contribution in [3.8, 4) is 11.5 Å². The first-order chi connectivity index (χ1) is 21.0. The average molecular weight is 586 g/mol. The Labute approximate surface area is 251 Å². The number of benzene rings is 3. The minimum absolute atomic E-state index is 0.0552. The highest BCUT2D eigenvalue weighted by molar-refractivity contribution is 5.99.